The third-order valence-corrected chi connectivity index (χ3v) is 4.13. The lowest BCUT2D eigenvalue weighted by Gasteiger charge is -2.25. The van der Waals surface area contributed by atoms with Crippen LogP contribution >= 0.6 is 15.9 Å². The Morgan fingerprint density at radius 2 is 2.07 bits per heavy atom. The largest absolute Gasteiger partial charge is 0.261 e. The highest BCUT2D eigenvalue weighted by molar-refractivity contribution is 9.09. The molecule has 0 aliphatic carbocycles. The molecule has 1 atom stereocenters. The number of pyridine rings is 1. The second kappa shape index (κ2) is 4.43. The molecule has 1 nitrogen and oxygen atoms in total. The maximum atomic E-state index is 4.40. The summed E-state index contributed by atoms with van der Waals surface area (Å²) in [6.45, 7) is 8.84. The van der Waals surface area contributed by atoms with Crippen LogP contribution in [-0.2, 0) is 6.42 Å². The Hall–Kier alpha value is -0.370. The summed E-state index contributed by atoms with van der Waals surface area (Å²) in [6, 6.07) is 4.10. The molecule has 0 bridgehead atoms. The van der Waals surface area contributed by atoms with Crippen LogP contribution in [0.2, 0.25) is 0 Å². The van der Waals surface area contributed by atoms with E-state index in [0.717, 1.165) is 6.42 Å². The summed E-state index contributed by atoms with van der Waals surface area (Å²) in [5.74, 6) is 0. The predicted octanol–water partition coefficient (Wildman–Crippen LogP) is 3.74. The second-order valence-corrected chi connectivity index (χ2v) is 5.91. The Bertz CT molecular complexity index is 301. The molecule has 14 heavy (non-hydrogen) atoms. The minimum absolute atomic E-state index is 0.282. The monoisotopic (exact) mass is 255 g/mol. The van der Waals surface area contributed by atoms with Gasteiger partial charge in [-0.3, -0.25) is 4.98 Å². The Morgan fingerprint density at radius 1 is 1.43 bits per heavy atom. The normalized spacial score (nSPS) is 14.1. The smallest absolute Gasteiger partial charge is 0.0444 e. The molecule has 1 rings (SSSR count). The summed E-state index contributed by atoms with van der Waals surface area (Å²) in [4.78, 5) is 4.88. The fraction of sp³-hybridized carbons (Fsp3) is 0.583. The van der Waals surface area contributed by atoms with Gasteiger partial charge in [0.1, 0.15) is 0 Å². The minimum Gasteiger partial charge on any atom is -0.261 e. The van der Waals surface area contributed by atoms with Crippen LogP contribution in [0.1, 0.15) is 32.0 Å². The van der Waals surface area contributed by atoms with E-state index in [9.17, 15) is 0 Å². The highest BCUT2D eigenvalue weighted by atomic mass is 79.9. The standard InChI is InChI=1S/C12H18BrN/c1-9-6-5-7-14-10(9)8-11(13)12(2,3)4/h5-7,11H,8H2,1-4H3. The average molecular weight is 256 g/mol. The number of hydrogen-bond donors (Lipinski definition) is 0. The molecule has 2 heteroatoms. The molecule has 0 saturated heterocycles. The topological polar surface area (TPSA) is 12.9 Å². The van der Waals surface area contributed by atoms with E-state index in [-0.39, 0.29) is 5.41 Å². The van der Waals surface area contributed by atoms with Gasteiger partial charge in [-0.15, -0.1) is 0 Å². The van der Waals surface area contributed by atoms with Crippen LogP contribution in [0.25, 0.3) is 0 Å². The van der Waals surface area contributed by atoms with Crippen molar-refractivity contribution >= 4 is 15.9 Å². The third-order valence-electron chi connectivity index (χ3n) is 2.43. The second-order valence-electron chi connectivity index (χ2n) is 4.80. The van der Waals surface area contributed by atoms with Gasteiger partial charge in [-0.1, -0.05) is 42.8 Å². The summed E-state index contributed by atoms with van der Waals surface area (Å²) in [6.07, 6.45) is 2.86. The number of alkyl halides is 1. The van der Waals surface area contributed by atoms with Crippen molar-refractivity contribution in [3.8, 4) is 0 Å². The molecular formula is C12H18BrN. The fourth-order valence-corrected chi connectivity index (χ4v) is 1.51. The van der Waals surface area contributed by atoms with Crippen LogP contribution in [0.5, 0.6) is 0 Å². The zero-order valence-corrected chi connectivity index (χ0v) is 10.9. The molecule has 1 aromatic rings. The first-order valence-electron chi connectivity index (χ1n) is 4.96. The van der Waals surface area contributed by atoms with Gasteiger partial charge in [-0.05, 0) is 24.0 Å². The summed E-state index contributed by atoms with van der Waals surface area (Å²) in [7, 11) is 0. The van der Waals surface area contributed by atoms with Crippen molar-refractivity contribution in [2.45, 2.75) is 38.9 Å². The number of halogens is 1. The van der Waals surface area contributed by atoms with Gasteiger partial charge in [0.15, 0.2) is 0 Å². The van der Waals surface area contributed by atoms with E-state index < -0.39 is 0 Å². The minimum atomic E-state index is 0.282. The van der Waals surface area contributed by atoms with Gasteiger partial charge in [0, 0.05) is 23.1 Å². The summed E-state index contributed by atoms with van der Waals surface area (Å²) < 4.78 is 0. The fourth-order valence-electron chi connectivity index (χ4n) is 1.21. The Balaban J connectivity index is 2.75. The number of aryl methyl sites for hydroxylation is 1. The van der Waals surface area contributed by atoms with E-state index in [1.807, 2.05) is 12.3 Å². The van der Waals surface area contributed by atoms with Gasteiger partial charge >= 0.3 is 0 Å². The van der Waals surface area contributed by atoms with Crippen molar-refractivity contribution in [2.24, 2.45) is 5.41 Å². The van der Waals surface area contributed by atoms with Crippen molar-refractivity contribution in [3.63, 3.8) is 0 Å². The van der Waals surface area contributed by atoms with E-state index in [2.05, 4.69) is 54.7 Å². The average Bonchev–Trinajstić information content (AvgIpc) is 2.07. The molecule has 1 heterocycles. The lowest BCUT2D eigenvalue weighted by atomic mass is 9.89. The molecule has 1 aromatic heterocycles. The maximum Gasteiger partial charge on any atom is 0.0444 e. The zero-order valence-electron chi connectivity index (χ0n) is 9.34. The van der Waals surface area contributed by atoms with Gasteiger partial charge in [-0.2, -0.15) is 0 Å². The van der Waals surface area contributed by atoms with Crippen LogP contribution in [0, 0.1) is 12.3 Å². The number of rotatable bonds is 2. The number of aromatic nitrogens is 1. The zero-order chi connectivity index (χ0) is 10.8. The van der Waals surface area contributed by atoms with Crippen molar-refractivity contribution in [3.05, 3.63) is 29.6 Å². The lowest BCUT2D eigenvalue weighted by Crippen LogP contribution is -2.23. The number of nitrogens with zero attached hydrogens (tertiary/aromatic N) is 1. The summed E-state index contributed by atoms with van der Waals surface area (Å²) in [5, 5.41) is 0. The van der Waals surface area contributed by atoms with Crippen LogP contribution in [0.4, 0.5) is 0 Å². The van der Waals surface area contributed by atoms with Gasteiger partial charge in [0.25, 0.3) is 0 Å². The Kier molecular flexibility index (Phi) is 3.71. The first-order chi connectivity index (χ1) is 6.41. The van der Waals surface area contributed by atoms with Crippen LogP contribution < -0.4 is 0 Å². The summed E-state index contributed by atoms with van der Waals surface area (Å²) >= 11 is 3.73. The van der Waals surface area contributed by atoms with Crippen molar-refractivity contribution in [1.29, 1.82) is 0 Å². The van der Waals surface area contributed by atoms with Gasteiger partial charge in [0.2, 0.25) is 0 Å². The number of hydrogen-bond acceptors (Lipinski definition) is 1. The molecular weight excluding hydrogens is 238 g/mol. The first kappa shape index (κ1) is 11.7. The van der Waals surface area contributed by atoms with Crippen molar-refractivity contribution in [2.75, 3.05) is 0 Å². The molecule has 0 fully saturated rings. The van der Waals surface area contributed by atoms with E-state index >= 15 is 0 Å². The summed E-state index contributed by atoms with van der Waals surface area (Å²) in [5.41, 5.74) is 2.76. The quantitative estimate of drug-likeness (QED) is 0.734. The molecule has 0 N–H and O–H groups in total. The maximum absolute atomic E-state index is 4.40. The van der Waals surface area contributed by atoms with Gasteiger partial charge < -0.3 is 0 Å². The Morgan fingerprint density at radius 3 is 2.57 bits per heavy atom. The SMILES string of the molecule is Cc1cccnc1CC(Br)C(C)(C)C. The van der Waals surface area contributed by atoms with Crippen LogP contribution in [-0.4, -0.2) is 9.81 Å². The van der Waals surface area contributed by atoms with Crippen molar-refractivity contribution < 1.29 is 0 Å². The molecule has 0 radical (unpaired) electrons. The van der Waals surface area contributed by atoms with E-state index in [1.165, 1.54) is 11.3 Å². The highest BCUT2D eigenvalue weighted by Gasteiger charge is 2.22. The predicted molar refractivity (Wildman–Crippen MR) is 64.8 cm³/mol. The van der Waals surface area contributed by atoms with E-state index in [0.29, 0.717) is 4.83 Å². The van der Waals surface area contributed by atoms with E-state index in [4.69, 9.17) is 0 Å². The van der Waals surface area contributed by atoms with Crippen molar-refractivity contribution in [1.82, 2.24) is 4.98 Å². The lowest BCUT2D eigenvalue weighted by molar-refractivity contribution is 0.396. The van der Waals surface area contributed by atoms with Crippen LogP contribution in [0.3, 0.4) is 0 Å². The van der Waals surface area contributed by atoms with Gasteiger partial charge in [0.05, 0.1) is 0 Å². The first-order valence-corrected chi connectivity index (χ1v) is 5.87. The van der Waals surface area contributed by atoms with E-state index in [1.54, 1.807) is 0 Å². The molecule has 78 valence electrons. The molecule has 0 aliphatic heterocycles. The molecule has 0 amide bonds. The molecule has 0 saturated carbocycles. The molecule has 0 aliphatic rings. The van der Waals surface area contributed by atoms with Gasteiger partial charge in [-0.25, -0.2) is 0 Å². The molecule has 1 unspecified atom stereocenters. The molecule has 0 aromatic carbocycles. The Labute approximate surface area is 95.1 Å². The molecule has 0 spiro atoms. The third kappa shape index (κ3) is 3.09. The van der Waals surface area contributed by atoms with Crippen LogP contribution in [0.15, 0.2) is 18.3 Å². The highest BCUT2D eigenvalue weighted by Crippen LogP contribution is 2.29.